The number of ether oxygens (including phenoxy) is 4. The highest BCUT2D eigenvalue weighted by atomic mass is 31.2. The van der Waals surface area contributed by atoms with Gasteiger partial charge in [-0.05, 0) is 13.8 Å². The zero-order chi connectivity index (χ0) is 19.6. The third-order valence-electron chi connectivity index (χ3n) is 2.30. The lowest BCUT2D eigenvalue weighted by Gasteiger charge is -1.99. The fraction of sp³-hybridized carbons (Fsp3) is 0.571. The van der Waals surface area contributed by atoms with Crippen LogP contribution in [0.4, 0.5) is 0 Å². The second-order valence-electron chi connectivity index (χ2n) is 5.18. The van der Waals surface area contributed by atoms with Gasteiger partial charge in [-0.15, -0.1) is 0 Å². The van der Waals surface area contributed by atoms with Gasteiger partial charge in [0.1, 0.15) is 25.4 Å². The van der Waals surface area contributed by atoms with E-state index in [0.29, 0.717) is 37.6 Å². The van der Waals surface area contributed by atoms with Crippen LogP contribution in [0.25, 0.3) is 0 Å². The van der Waals surface area contributed by atoms with Crippen LogP contribution in [0.5, 0.6) is 0 Å². The van der Waals surface area contributed by atoms with Crippen molar-refractivity contribution >= 4 is 19.8 Å². The van der Waals surface area contributed by atoms with Crippen LogP contribution in [0.15, 0.2) is 24.3 Å². The quantitative estimate of drug-likeness (QED) is 0.249. The van der Waals surface area contributed by atoms with Gasteiger partial charge in [-0.25, -0.2) is 14.2 Å². The van der Waals surface area contributed by atoms with Gasteiger partial charge < -0.3 is 33.6 Å². The summed E-state index contributed by atoms with van der Waals surface area (Å²) < 4.78 is 28.1. The molecule has 3 N–H and O–H groups in total. The molecule has 25 heavy (non-hydrogen) atoms. The molecule has 2 rings (SSSR count). The Morgan fingerprint density at radius 3 is 1.36 bits per heavy atom. The summed E-state index contributed by atoms with van der Waals surface area (Å²) in [6.45, 7) is 12.3. The topological polar surface area (TPSA) is 155 Å². The summed E-state index contributed by atoms with van der Waals surface area (Å²) in [5.74, 6) is -0.675. The Morgan fingerprint density at radius 1 is 0.960 bits per heavy atom. The summed E-state index contributed by atoms with van der Waals surface area (Å²) in [5, 5.41) is 0. The maximum Gasteiger partial charge on any atom is 0.466 e. The molecule has 0 aromatic rings. The summed E-state index contributed by atoms with van der Waals surface area (Å²) >= 11 is 0. The van der Waals surface area contributed by atoms with Gasteiger partial charge in [-0.2, -0.15) is 0 Å². The minimum absolute atomic E-state index is 0.142. The molecule has 2 aliphatic heterocycles. The fourth-order valence-electron chi connectivity index (χ4n) is 0.912. The molecule has 2 aliphatic rings. The van der Waals surface area contributed by atoms with Crippen molar-refractivity contribution in [3.63, 3.8) is 0 Å². The van der Waals surface area contributed by atoms with Crippen molar-refractivity contribution in [2.24, 2.45) is 0 Å². The first kappa shape index (κ1) is 23.4. The molecule has 144 valence electrons. The van der Waals surface area contributed by atoms with Gasteiger partial charge in [0.05, 0.1) is 13.2 Å². The predicted octanol–water partition coefficient (Wildman–Crippen LogP) is 0.0804. The number of carbonyl (C=O) groups is 2. The lowest BCUT2D eigenvalue weighted by atomic mass is 10.4. The van der Waals surface area contributed by atoms with Crippen LogP contribution in [0.3, 0.4) is 0 Å². The van der Waals surface area contributed by atoms with E-state index in [1.807, 2.05) is 0 Å². The van der Waals surface area contributed by atoms with Crippen LogP contribution in [0, 0.1) is 0 Å². The number of carbonyl (C=O) groups excluding carboxylic acids is 2. The molecule has 11 heteroatoms. The number of hydrogen-bond donors (Lipinski definition) is 3. The highest BCUT2D eigenvalue weighted by Crippen LogP contribution is 2.25. The number of hydrogen-bond acceptors (Lipinski definition) is 7. The summed E-state index contributed by atoms with van der Waals surface area (Å²) in [6.07, 6.45) is 0.284. The molecule has 2 saturated heterocycles. The van der Waals surface area contributed by atoms with Gasteiger partial charge in [-0.3, -0.25) is 0 Å². The SMILES string of the molecule is C=C(C)C(=O)OCC1CO1.C=C(C)C(=O)OCC1CO1.O=P(O)(O)O. The average Bonchev–Trinajstić information content (AvgIpc) is 3.35. The Labute approximate surface area is 145 Å². The van der Waals surface area contributed by atoms with Gasteiger partial charge in [0.25, 0.3) is 0 Å². The van der Waals surface area contributed by atoms with Gasteiger partial charge in [0, 0.05) is 11.1 Å². The maximum atomic E-state index is 10.7. The van der Waals surface area contributed by atoms with Crippen molar-refractivity contribution < 1.29 is 47.8 Å². The predicted molar refractivity (Wildman–Crippen MR) is 85.3 cm³/mol. The molecule has 2 fully saturated rings. The van der Waals surface area contributed by atoms with E-state index in [2.05, 4.69) is 13.2 Å². The monoisotopic (exact) mass is 382 g/mol. The number of epoxide rings is 2. The standard InChI is InChI=1S/2C7H10O3.H3O4P/c2*1-5(2)7(8)10-4-6-3-9-6;1-5(2,3)4/h2*6H,1,3-4H2,2H3;(H3,1,2,3,4). The Balaban J connectivity index is 0.000000368. The molecule has 10 nitrogen and oxygen atoms in total. The van der Waals surface area contributed by atoms with E-state index in [1.165, 1.54) is 0 Å². The number of esters is 2. The smallest absolute Gasteiger partial charge is 0.459 e. The molecule has 0 bridgehead atoms. The third kappa shape index (κ3) is 18.6. The van der Waals surface area contributed by atoms with Crippen LogP contribution in [-0.4, -0.2) is 65.3 Å². The molecule has 0 saturated carbocycles. The van der Waals surface area contributed by atoms with Crippen LogP contribution in [0.2, 0.25) is 0 Å². The van der Waals surface area contributed by atoms with Crippen LogP contribution < -0.4 is 0 Å². The van der Waals surface area contributed by atoms with E-state index in [0.717, 1.165) is 0 Å². The molecular weight excluding hydrogens is 359 g/mol. The third-order valence-corrected chi connectivity index (χ3v) is 2.30. The molecule has 0 radical (unpaired) electrons. The largest absolute Gasteiger partial charge is 0.466 e. The first-order chi connectivity index (χ1) is 11.4. The van der Waals surface area contributed by atoms with E-state index in [4.69, 9.17) is 38.2 Å². The first-order valence-corrected chi connectivity index (χ1v) is 8.63. The molecule has 0 aromatic carbocycles. The summed E-state index contributed by atoms with van der Waals surface area (Å²) in [4.78, 5) is 43.0. The summed E-state index contributed by atoms with van der Waals surface area (Å²) in [7, 11) is -4.64. The Kier molecular flexibility index (Phi) is 10.4. The summed E-state index contributed by atoms with van der Waals surface area (Å²) in [5.41, 5.74) is 0.862. The minimum atomic E-state index is -4.64. The van der Waals surface area contributed by atoms with E-state index in [1.54, 1.807) is 13.8 Å². The van der Waals surface area contributed by atoms with Crippen molar-refractivity contribution in [1.82, 2.24) is 0 Å². The molecule has 0 aromatic heterocycles. The van der Waals surface area contributed by atoms with Crippen molar-refractivity contribution in [2.75, 3.05) is 26.4 Å². The van der Waals surface area contributed by atoms with Crippen LogP contribution >= 0.6 is 7.82 Å². The Hall–Kier alpha value is -1.55. The highest BCUT2D eigenvalue weighted by Gasteiger charge is 2.24. The zero-order valence-corrected chi connectivity index (χ0v) is 14.9. The van der Waals surface area contributed by atoms with E-state index in [-0.39, 0.29) is 24.1 Å². The van der Waals surface area contributed by atoms with Crippen molar-refractivity contribution in [3.8, 4) is 0 Å². The van der Waals surface area contributed by atoms with Gasteiger partial charge in [-0.1, -0.05) is 13.2 Å². The number of phosphoric acid groups is 1. The van der Waals surface area contributed by atoms with Crippen molar-refractivity contribution in [3.05, 3.63) is 24.3 Å². The molecule has 2 heterocycles. The summed E-state index contributed by atoms with van der Waals surface area (Å²) in [6, 6.07) is 0. The Morgan fingerprint density at radius 2 is 1.20 bits per heavy atom. The molecule has 0 spiro atoms. The van der Waals surface area contributed by atoms with Gasteiger partial charge in [0.2, 0.25) is 0 Å². The van der Waals surface area contributed by atoms with Crippen LogP contribution in [0.1, 0.15) is 13.8 Å². The van der Waals surface area contributed by atoms with E-state index < -0.39 is 7.82 Å². The second-order valence-corrected chi connectivity index (χ2v) is 6.21. The highest BCUT2D eigenvalue weighted by molar-refractivity contribution is 7.45. The zero-order valence-electron chi connectivity index (χ0n) is 14.0. The van der Waals surface area contributed by atoms with Crippen molar-refractivity contribution in [2.45, 2.75) is 26.1 Å². The molecule has 2 unspecified atom stereocenters. The maximum absolute atomic E-state index is 10.7. The Bertz CT molecular complexity index is 483. The molecule has 2 atom stereocenters. The van der Waals surface area contributed by atoms with E-state index >= 15 is 0 Å². The average molecular weight is 382 g/mol. The van der Waals surface area contributed by atoms with Gasteiger partial charge in [0.15, 0.2) is 0 Å². The fourth-order valence-corrected chi connectivity index (χ4v) is 0.912. The van der Waals surface area contributed by atoms with Crippen molar-refractivity contribution in [1.29, 1.82) is 0 Å². The second kappa shape index (κ2) is 11.1. The van der Waals surface area contributed by atoms with Gasteiger partial charge >= 0.3 is 19.8 Å². The van der Waals surface area contributed by atoms with E-state index in [9.17, 15) is 9.59 Å². The van der Waals surface area contributed by atoms with Crippen LogP contribution in [-0.2, 0) is 33.1 Å². The molecule has 0 amide bonds. The lowest BCUT2D eigenvalue weighted by molar-refractivity contribution is -0.140. The lowest BCUT2D eigenvalue weighted by Crippen LogP contribution is -2.09. The number of rotatable bonds is 6. The minimum Gasteiger partial charge on any atom is -0.459 e. The normalized spacial score (nSPS) is 19.9. The molecule has 0 aliphatic carbocycles. The molecular formula is C14H23O10P. The first-order valence-electron chi connectivity index (χ1n) is 7.07.